The first-order chi connectivity index (χ1) is 9.84. The van der Waals surface area contributed by atoms with Crippen molar-refractivity contribution in [2.45, 2.75) is 13.1 Å². The zero-order chi connectivity index (χ0) is 15.2. The minimum Gasteiger partial charge on any atom is -0.398 e. The van der Waals surface area contributed by atoms with Crippen molar-refractivity contribution < 1.29 is 13.2 Å². The van der Waals surface area contributed by atoms with Crippen LogP contribution >= 0.6 is 0 Å². The van der Waals surface area contributed by atoms with Crippen molar-refractivity contribution in [3.8, 4) is 11.4 Å². The van der Waals surface area contributed by atoms with Gasteiger partial charge in [-0.25, -0.2) is 9.50 Å². The molecule has 0 aliphatic carbocycles. The van der Waals surface area contributed by atoms with Crippen LogP contribution in [0, 0.1) is 6.92 Å². The van der Waals surface area contributed by atoms with Gasteiger partial charge < -0.3 is 5.73 Å². The second-order valence-corrected chi connectivity index (χ2v) is 4.73. The van der Waals surface area contributed by atoms with Crippen LogP contribution in [-0.2, 0) is 6.18 Å². The van der Waals surface area contributed by atoms with Crippen molar-refractivity contribution >= 4 is 11.3 Å². The van der Waals surface area contributed by atoms with Gasteiger partial charge in [0.05, 0.1) is 5.56 Å². The molecule has 0 saturated heterocycles. The lowest BCUT2D eigenvalue weighted by Crippen LogP contribution is -2.06. The second kappa shape index (κ2) is 4.47. The first-order valence-corrected chi connectivity index (χ1v) is 6.15. The van der Waals surface area contributed by atoms with E-state index in [4.69, 9.17) is 5.73 Å². The summed E-state index contributed by atoms with van der Waals surface area (Å²) >= 11 is 0. The molecule has 0 aliphatic heterocycles. The third-order valence-corrected chi connectivity index (χ3v) is 3.20. The van der Waals surface area contributed by atoms with Crippen LogP contribution in [0.15, 0.2) is 36.5 Å². The van der Waals surface area contributed by atoms with Crippen molar-refractivity contribution in [1.29, 1.82) is 0 Å². The standard InChI is InChI=1S/C14H11F3N4/c1-8-2-3-9(6-11(8)18)13-19-12-5-4-10(14(15,16)17)7-21(12)20-13/h2-7H,18H2,1H3. The van der Waals surface area contributed by atoms with Gasteiger partial charge in [-0.1, -0.05) is 12.1 Å². The monoisotopic (exact) mass is 292 g/mol. The number of pyridine rings is 1. The van der Waals surface area contributed by atoms with E-state index in [1.807, 2.05) is 13.0 Å². The van der Waals surface area contributed by atoms with Crippen molar-refractivity contribution in [3.63, 3.8) is 0 Å². The van der Waals surface area contributed by atoms with Gasteiger partial charge in [-0.15, -0.1) is 5.10 Å². The molecule has 0 amide bonds. The van der Waals surface area contributed by atoms with Gasteiger partial charge in [-0.3, -0.25) is 0 Å². The molecular formula is C14H11F3N4. The molecule has 4 nitrogen and oxygen atoms in total. The Balaban J connectivity index is 2.10. The number of fused-ring (bicyclic) bond motifs is 1. The molecule has 2 heterocycles. The molecule has 0 unspecified atom stereocenters. The van der Waals surface area contributed by atoms with Crippen LogP contribution in [0.5, 0.6) is 0 Å². The number of anilines is 1. The van der Waals surface area contributed by atoms with Crippen LogP contribution in [-0.4, -0.2) is 14.6 Å². The molecule has 108 valence electrons. The summed E-state index contributed by atoms with van der Waals surface area (Å²) in [6.45, 7) is 1.87. The molecule has 0 fully saturated rings. The van der Waals surface area contributed by atoms with E-state index in [2.05, 4.69) is 10.1 Å². The van der Waals surface area contributed by atoms with Crippen molar-refractivity contribution in [1.82, 2.24) is 14.6 Å². The number of hydrogen-bond donors (Lipinski definition) is 1. The van der Waals surface area contributed by atoms with Crippen molar-refractivity contribution in [2.75, 3.05) is 5.73 Å². The topological polar surface area (TPSA) is 56.2 Å². The Labute approximate surface area is 118 Å². The van der Waals surface area contributed by atoms with Crippen LogP contribution in [0.25, 0.3) is 17.0 Å². The molecule has 2 N–H and O–H groups in total. The van der Waals surface area contributed by atoms with Gasteiger partial charge in [0, 0.05) is 17.4 Å². The zero-order valence-electron chi connectivity index (χ0n) is 11.0. The summed E-state index contributed by atoms with van der Waals surface area (Å²) in [6, 6.07) is 7.57. The minimum absolute atomic E-state index is 0.334. The largest absolute Gasteiger partial charge is 0.417 e. The number of benzene rings is 1. The SMILES string of the molecule is Cc1ccc(-c2nc3ccc(C(F)(F)F)cn3n2)cc1N. The van der Waals surface area contributed by atoms with E-state index in [9.17, 15) is 13.2 Å². The minimum atomic E-state index is -4.41. The number of aryl methyl sites for hydroxylation is 1. The first kappa shape index (κ1) is 13.4. The Bertz CT molecular complexity index is 821. The number of hydrogen-bond acceptors (Lipinski definition) is 3. The summed E-state index contributed by atoms with van der Waals surface area (Å²) in [6.07, 6.45) is -3.49. The Morgan fingerprint density at radius 3 is 2.57 bits per heavy atom. The fourth-order valence-electron chi connectivity index (χ4n) is 1.95. The Morgan fingerprint density at radius 2 is 1.90 bits per heavy atom. The Morgan fingerprint density at radius 1 is 1.14 bits per heavy atom. The summed E-state index contributed by atoms with van der Waals surface area (Å²) in [4.78, 5) is 4.21. The van der Waals surface area contributed by atoms with E-state index in [0.29, 0.717) is 22.7 Å². The second-order valence-electron chi connectivity index (χ2n) is 4.73. The predicted molar refractivity (Wildman–Crippen MR) is 72.6 cm³/mol. The fraction of sp³-hybridized carbons (Fsp3) is 0.143. The van der Waals surface area contributed by atoms with E-state index in [-0.39, 0.29) is 0 Å². The maximum absolute atomic E-state index is 12.7. The summed E-state index contributed by atoms with van der Waals surface area (Å²) in [5.41, 5.74) is 7.56. The number of aromatic nitrogens is 3. The quantitative estimate of drug-likeness (QED) is 0.700. The number of alkyl halides is 3. The van der Waals surface area contributed by atoms with Crippen LogP contribution in [0.3, 0.4) is 0 Å². The van der Waals surface area contributed by atoms with Gasteiger partial charge in [0.2, 0.25) is 0 Å². The first-order valence-electron chi connectivity index (χ1n) is 6.15. The summed E-state index contributed by atoms with van der Waals surface area (Å²) in [5, 5.41) is 4.08. The highest BCUT2D eigenvalue weighted by molar-refractivity contribution is 5.65. The fourth-order valence-corrected chi connectivity index (χ4v) is 1.95. The smallest absolute Gasteiger partial charge is 0.398 e. The van der Waals surface area contributed by atoms with Crippen LogP contribution in [0.1, 0.15) is 11.1 Å². The van der Waals surface area contributed by atoms with E-state index in [1.165, 1.54) is 6.07 Å². The molecule has 3 rings (SSSR count). The summed E-state index contributed by atoms with van der Waals surface area (Å²) in [5.74, 6) is 0.334. The number of halogens is 3. The predicted octanol–water partition coefficient (Wildman–Crippen LogP) is 3.31. The molecule has 0 radical (unpaired) electrons. The lowest BCUT2D eigenvalue weighted by Gasteiger charge is -2.05. The van der Waals surface area contributed by atoms with Gasteiger partial charge in [0.25, 0.3) is 0 Å². The van der Waals surface area contributed by atoms with E-state index in [1.54, 1.807) is 12.1 Å². The maximum atomic E-state index is 12.7. The third kappa shape index (κ3) is 2.42. The maximum Gasteiger partial charge on any atom is 0.417 e. The molecular weight excluding hydrogens is 281 g/mol. The van der Waals surface area contributed by atoms with Crippen molar-refractivity contribution in [2.24, 2.45) is 0 Å². The molecule has 21 heavy (non-hydrogen) atoms. The molecule has 0 spiro atoms. The lowest BCUT2D eigenvalue weighted by molar-refractivity contribution is -0.137. The van der Waals surface area contributed by atoms with Gasteiger partial charge in [0.1, 0.15) is 0 Å². The Kier molecular flexibility index (Phi) is 2.86. The number of nitrogens with two attached hydrogens (primary N) is 1. The summed E-state index contributed by atoms with van der Waals surface area (Å²) < 4.78 is 39.1. The van der Waals surface area contributed by atoms with E-state index < -0.39 is 11.7 Å². The number of rotatable bonds is 1. The molecule has 0 saturated carbocycles. The van der Waals surface area contributed by atoms with E-state index in [0.717, 1.165) is 22.3 Å². The molecule has 0 bridgehead atoms. The highest BCUT2D eigenvalue weighted by Gasteiger charge is 2.31. The van der Waals surface area contributed by atoms with Gasteiger partial charge in [0.15, 0.2) is 11.5 Å². The molecule has 0 aliphatic rings. The van der Waals surface area contributed by atoms with Gasteiger partial charge in [-0.05, 0) is 30.7 Å². The lowest BCUT2D eigenvalue weighted by atomic mass is 10.1. The van der Waals surface area contributed by atoms with Crippen LogP contribution in [0.4, 0.5) is 18.9 Å². The normalized spacial score (nSPS) is 12.0. The zero-order valence-corrected chi connectivity index (χ0v) is 11.0. The summed E-state index contributed by atoms with van der Waals surface area (Å²) in [7, 11) is 0. The third-order valence-electron chi connectivity index (χ3n) is 3.20. The molecule has 1 aromatic carbocycles. The molecule has 7 heteroatoms. The molecule has 3 aromatic rings. The molecule has 2 aromatic heterocycles. The number of nitrogens with zero attached hydrogens (tertiary/aromatic N) is 3. The Hall–Kier alpha value is -2.57. The highest BCUT2D eigenvalue weighted by Crippen LogP contribution is 2.29. The average molecular weight is 292 g/mol. The van der Waals surface area contributed by atoms with Crippen LogP contribution < -0.4 is 5.73 Å². The molecule has 0 atom stereocenters. The van der Waals surface area contributed by atoms with Gasteiger partial charge >= 0.3 is 6.18 Å². The highest BCUT2D eigenvalue weighted by atomic mass is 19.4. The van der Waals surface area contributed by atoms with Crippen molar-refractivity contribution in [3.05, 3.63) is 47.7 Å². The van der Waals surface area contributed by atoms with E-state index >= 15 is 0 Å². The average Bonchev–Trinajstić information content (AvgIpc) is 2.83. The number of nitrogen functional groups attached to an aromatic ring is 1. The van der Waals surface area contributed by atoms with Crippen LogP contribution in [0.2, 0.25) is 0 Å². The van der Waals surface area contributed by atoms with Gasteiger partial charge in [-0.2, -0.15) is 13.2 Å².